The second-order valence-corrected chi connectivity index (χ2v) is 2.68. The van der Waals surface area contributed by atoms with Crippen molar-refractivity contribution in [2.24, 2.45) is 0 Å². The summed E-state index contributed by atoms with van der Waals surface area (Å²) in [6, 6.07) is 0. The Labute approximate surface area is 63.0 Å². The first-order chi connectivity index (χ1) is 4.84. The van der Waals surface area contributed by atoms with Crippen LogP contribution in [0.2, 0.25) is 0 Å². The van der Waals surface area contributed by atoms with E-state index in [1.807, 2.05) is 12.3 Å². The highest BCUT2D eigenvalue weighted by Crippen LogP contribution is 1.96. The molecule has 0 atom stereocenters. The van der Waals surface area contributed by atoms with Crippen LogP contribution in [-0.4, -0.2) is 0 Å². The van der Waals surface area contributed by atoms with Crippen LogP contribution in [0.3, 0.4) is 0 Å². The van der Waals surface area contributed by atoms with Crippen molar-refractivity contribution in [3.8, 4) is 0 Å². The molecule has 54 valence electrons. The molecule has 1 aromatic rings. The van der Waals surface area contributed by atoms with E-state index in [4.69, 9.17) is 4.99 Å². The number of aryl methyl sites for hydroxylation is 1. The molecule has 0 bridgehead atoms. The number of nitrogens with zero attached hydrogens (tertiary/aromatic N) is 1. The first-order valence-electron chi connectivity index (χ1n) is 2.75. The molecule has 1 heterocycles. The lowest BCUT2D eigenvalue weighted by Crippen LogP contribution is -2.41. The van der Waals surface area contributed by atoms with E-state index in [0.29, 0.717) is 0 Å². The van der Waals surface area contributed by atoms with Gasteiger partial charge in [-0.05, 0) is 4.99 Å². The molecule has 4 heteroatoms. The lowest BCUT2D eigenvalue weighted by Gasteiger charge is -1.88. The first-order valence-corrected chi connectivity index (χ1v) is 3.63. The van der Waals surface area contributed by atoms with Crippen LogP contribution in [0.1, 0.15) is 5.01 Å². The van der Waals surface area contributed by atoms with Gasteiger partial charge in [-0.3, -0.25) is 0 Å². The second-order valence-electron chi connectivity index (χ2n) is 1.59. The Hall–Kier alpha value is -1.03. The van der Waals surface area contributed by atoms with Crippen LogP contribution in [0.15, 0.2) is 24.4 Å². The Kier molecular flexibility index (Phi) is 2.28. The number of hydrogen-bond acceptors (Lipinski definition) is 3. The molecule has 0 saturated carbocycles. The summed E-state index contributed by atoms with van der Waals surface area (Å²) in [5.41, 5.74) is 0. The first kappa shape index (κ1) is 7.08. The van der Waals surface area contributed by atoms with Crippen LogP contribution >= 0.6 is 11.3 Å². The van der Waals surface area contributed by atoms with Crippen molar-refractivity contribution < 1.29 is 14.6 Å². The second kappa shape index (κ2) is 3.22. The van der Waals surface area contributed by atoms with Gasteiger partial charge in [-0.25, -0.2) is 4.89 Å². The lowest BCUT2D eigenvalue weighted by atomic mass is 10.8. The third-order valence-corrected chi connectivity index (χ3v) is 1.72. The van der Waals surface area contributed by atoms with Gasteiger partial charge in [0.2, 0.25) is 6.20 Å². The van der Waals surface area contributed by atoms with E-state index in [0.717, 1.165) is 5.01 Å². The van der Waals surface area contributed by atoms with Crippen molar-refractivity contribution in [3.05, 3.63) is 29.4 Å². The maximum atomic E-state index is 4.73. The molecule has 0 aliphatic heterocycles. The molecule has 0 fully saturated rings. The molecular formula is C6H8NO2S+. The summed E-state index contributed by atoms with van der Waals surface area (Å²) in [5.74, 6) is 0. The molecular weight excluding hydrogens is 150 g/mol. The maximum Gasteiger partial charge on any atom is 0.290 e. The van der Waals surface area contributed by atoms with Gasteiger partial charge >= 0.3 is 0 Å². The number of thiazole rings is 1. The molecule has 0 aliphatic rings. The molecule has 0 unspecified atom stereocenters. The molecule has 0 aliphatic carbocycles. The standard InChI is InChI=1S/C6H8NO2S/c1-3-8-9-7-4-5-10-6(7)2/h3-5H,1H2,2H3/q+1. The van der Waals surface area contributed by atoms with E-state index in [1.54, 1.807) is 17.5 Å². The number of rotatable bonds is 3. The van der Waals surface area contributed by atoms with Crippen LogP contribution in [0.4, 0.5) is 0 Å². The van der Waals surface area contributed by atoms with E-state index in [-0.39, 0.29) is 0 Å². The average Bonchev–Trinajstić information content (AvgIpc) is 2.31. The Morgan fingerprint density at radius 1 is 1.80 bits per heavy atom. The number of hydrogen-bond donors (Lipinski definition) is 0. The minimum absolute atomic E-state index is 1.02. The summed E-state index contributed by atoms with van der Waals surface area (Å²) in [4.78, 5) is 9.23. The van der Waals surface area contributed by atoms with Crippen molar-refractivity contribution in [2.75, 3.05) is 0 Å². The maximum absolute atomic E-state index is 4.73. The SMILES string of the molecule is C=COO[n+]1ccsc1C. The molecule has 3 nitrogen and oxygen atoms in total. The molecule has 0 N–H and O–H groups in total. The van der Waals surface area contributed by atoms with Crippen molar-refractivity contribution in [1.29, 1.82) is 0 Å². The van der Waals surface area contributed by atoms with Gasteiger partial charge in [-0.15, -0.1) is 0 Å². The molecule has 0 amide bonds. The Morgan fingerprint density at radius 2 is 2.60 bits per heavy atom. The zero-order chi connectivity index (χ0) is 7.40. The van der Waals surface area contributed by atoms with E-state index < -0.39 is 0 Å². The largest absolute Gasteiger partial charge is 0.290 e. The normalized spacial score (nSPS) is 8.90. The zero-order valence-corrected chi connectivity index (χ0v) is 6.43. The minimum atomic E-state index is 1.02. The summed E-state index contributed by atoms with van der Waals surface area (Å²) in [7, 11) is 0. The van der Waals surface area contributed by atoms with Crippen molar-refractivity contribution in [2.45, 2.75) is 6.92 Å². The highest BCUT2D eigenvalue weighted by Gasteiger charge is 2.08. The fraction of sp³-hybridized carbons (Fsp3) is 0.167. The number of aromatic nitrogens is 1. The topological polar surface area (TPSA) is 22.3 Å². The van der Waals surface area contributed by atoms with Crippen LogP contribution in [0.5, 0.6) is 0 Å². The molecule has 10 heavy (non-hydrogen) atoms. The van der Waals surface area contributed by atoms with Crippen LogP contribution < -0.4 is 9.72 Å². The van der Waals surface area contributed by atoms with E-state index in [2.05, 4.69) is 11.5 Å². The van der Waals surface area contributed by atoms with E-state index in [1.165, 1.54) is 11.0 Å². The third-order valence-electron chi connectivity index (χ3n) is 0.937. The summed E-state index contributed by atoms with van der Waals surface area (Å²) < 4.78 is 1.52. The summed E-state index contributed by atoms with van der Waals surface area (Å²) in [6.45, 7) is 5.26. The fourth-order valence-electron chi connectivity index (χ4n) is 0.495. The van der Waals surface area contributed by atoms with Gasteiger partial charge in [0.05, 0.1) is 10.1 Å². The Morgan fingerprint density at radius 3 is 3.10 bits per heavy atom. The minimum Gasteiger partial charge on any atom is -0.243 e. The third kappa shape index (κ3) is 1.48. The summed E-state index contributed by atoms with van der Waals surface area (Å²) in [6.07, 6.45) is 2.99. The predicted octanol–water partition coefficient (Wildman–Crippen LogP) is 0.848. The van der Waals surface area contributed by atoms with Gasteiger partial charge in [0.1, 0.15) is 6.26 Å². The zero-order valence-electron chi connectivity index (χ0n) is 5.61. The monoisotopic (exact) mass is 158 g/mol. The van der Waals surface area contributed by atoms with E-state index >= 15 is 0 Å². The van der Waals surface area contributed by atoms with Crippen molar-refractivity contribution >= 4 is 11.3 Å². The van der Waals surface area contributed by atoms with Gasteiger partial charge in [0.15, 0.2) is 0 Å². The fourth-order valence-corrected chi connectivity index (χ4v) is 1.06. The molecule has 0 saturated heterocycles. The molecule has 1 aromatic heterocycles. The smallest absolute Gasteiger partial charge is 0.243 e. The average molecular weight is 158 g/mol. The van der Waals surface area contributed by atoms with Gasteiger partial charge in [0, 0.05) is 6.92 Å². The highest BCUT2D eigenvalue weighted by atomic mass is 32.1. The van der Waals surface area contributed by atoms with Gasteiger partial charge in [-0.1, -0.05) is 17.9 Å². The predicted molar refractivity (Wildman–Crippen MR) is 37.1 cm³/mol. The molecule has 0 radical (unpaired) electrons. The molecule has 0 aromatic carbocycles. The van der Waals surface area contributed by atoms with Crippen LogP contribution in [0, 0.1) is 6.92 Å². The Bertz CT molecular complexity index is 221. The van der Waals surface area contributed by atoms with E-state index in [9.17, 15) is 0 Å². The van der Waals surface area contributed by atoms with Crippen LogP contribution in [-0.2, 0) is 4.89 Å². The summed E-state index contributed by atoms with van der Waals surface area (Å²) >= 11 is 1.58. The lowest BCUT2D eigenvalue weighted by molar-refractivity contribution is -0.954. The Balaban J connectivity index is 2.56. The van der Waals surface area contributed by atoms with Crippen molar-refractivity contribution in [1.82, 2.24) is 0 Å². The quantitative estimate of drug-likeness (QED) is 0.281. The van der Waals surface area contributed by atoms with Gasteiger partial charge in [-0.2, -0.15) is 0 Å². The van der Waals surface area contributed by atoms with Gasteiger partial charge < -0.3 is 0 Å². The van der Waals surface area contributed by atoms with Gasteiger partial charge in [0.25, 0.3) is 5.01 Å². The van der Waals surface area contributed by atoms with Crippen LogP contribution in [0.25, 0.3) is 0 Å². The molecule has 1 rings (SSSR count). The molecule has 0 spiro atoms. The highest BCUT2D eigenvalue weighted by molar-refractivity contribution is 7.09. The summed E-state index contributed by atoms with van der Waals surface area (Å²) in [5, 5.41) is 2.92. The van der Waals surface area contributed by atoms with Crippen molar-refractivity contribution in [3.63, 3.8) is 0 Å².